The minimum Gasteiger partial charge on any atom is -0.489 e. The molecule has 1 aromatic rings. The highest BCUT2D eigenvalue weighted by molar-refractivity contribution is 5.87. The van der Waals surface area contributed by atoms with E-state index in [9.17, 15) is 4.79 Å². The highest BCUT2D eigenvalue weighted by Crippen LogP contribution is 2.19. The summed E-state index contributed by atoms with van der Waals surface area (Å²) in [5, 5.41) is 8.95. The topological polar surface area (TPSA) is 49.8 Å². The van der Waals surface area contributed by atoms with Gasteiger partial charge in [-0.05, 0) is 37.6 Å². The number of hydrogen-bond acceptors (Lipinski definition) is 3. The van der Waals surface area contributed by atoms with E-state index in [0.717, 1.165) is 32.5 Å². The van der Waals surface area contributed by atoms with Gasteiger partial charge in [-0.1, -0.05) is 12.1 Å². The van der Waals surface area contributed by atoms with Gasteiger partial charge in [-0.25, -0.2) is 4.79 Å². The van der Waals surface area contributed by atoms with E-state index in [1.807, 2.05) is 6.08 Å². The Morgan fingerprint density at radius 1 is 1.58 bits per heavy atom. The van der Waals surface area contributed by atoms with Crippen LogP contribution in [0.4, 0.5) is 0 Å². The van der Waals surface area contributed by atoms with E-state index in [-0.39, 0.29) is 11.7 Å². The summed E-state index contributed by atoms with van der Waals surface area (Å²) in [5.74, 6) is -0.298. The summed E-state index contributed by atoms with van der Waals surface area (Å²) >= 11 is 0. The normalized spacial score (nSPS) is 19.9. The van der Waals surface area contributed by atoms with Gasteiger partial charge in [0.15, 0.2) is 0 Å². The molecule has 0 amide bonds. The lowest BCUT2D eigenvalue weighted by molar-refractivity contribution is 0.0694. The van der Waals surface area contributed by atoms with E-state index < -0.39 is 5.97 Å². The van der Waals surface area contributed by atoms with Crippen molar-refractivity contribution in [2.45, 2.75) is 18.9 Å². The summed E-state index contributed by atoms with van der Waals surface area (Å²) in [7, 11) is 0. The Kier molecular flexibility index (Phi) is 4.58. The Morgan fingerprint density at radius 3 is 3.16 bits per heavy atom. The Morgan fingerprint density at radius 2 is 2.42 bits per heavy atom. The molecular formula is C15H19NO3. The van der Waals surface area contributed by atoms with Crippen molar-refractivity contribution in [2.24, 2.45) is 0 Å². The van der Waals surface area contributed by atoms with Gasteiger partial charge in [0.25, 0.3) is 0 Å². The second-order valence-corrected chi connectivity index (χ2v) is 4.76. The van der Waals surface area contributed by atoms with Crippen molar-refractivity contribution in [3.63, 3.8) is 0 Å². The van der Waals surface area contributed by atoms with Gasteiger partial charge in [0.1, 0.15) is 11.9 Å². The Balaban J connectivity index is 1.98. The fraction of sp³-hybridized carbons (Fsp3) is 0.400. The SMILES string of the molecule is C=CCN1CCCC(Oc2cccc(C(=O)O)c2)C1. The van der Waals surface area contributed by atoms with Gasteiger partial charge >= 0.3 is 5.97 Å². The van der Waals surface area contributed by atoms with Crippen LogP contribution in [0.1, 0.15) is 23.2 Å². The van der Waals surface area contributed by atoms with Crippen LogP contribution >= 0.6 is 0 Å². The molecule has 0 bridgehead atoms. The van der Waals surface area contributed by atoms with Crippen LogP contribution in [0, 0.1) is 0 Å². The molecule has 2 rings (SSSR count). The summed E-state index contributed by atoms with van der Waals surface area (Å²) < 4.78 is 5.88. The molecule has 4 nitrogen and oxygen atoms in total. The summed E-state index contributed by atoms with van der Waals surface area (Å²) in [6.45, 7) is 6.55. The quantitative estimate of drug-likeness (QED) is 0.827. The number of nitrogens with zero attached hydrogens (tertiary/aromatic N) is 1. The summed E-state index contributed by atoms with van der Waals surface area (Å²) in [4.78, 5) is 13.2. The molecule has 1 atom stereocenters. The minimum atomic E-state index is -0.928. The van der Waals surface area contributed by atoms with E-state index in [1.54, 1.807) is 24.3 Å². The van der Waals surface area contributed by atoms with Crippen LogP contribution in [-0.2, 0) is 0 Å². The maximum Gasteiger partial charge on any atom is 0.335 e. The highest BCUT2D eigenvalue weighted by atomic mass is 16.5. The zero-order valence-electron chi connectivity index (χ0n) is 10.9. The molecule has 0 radical (unpaired) electrons. The lowest BCUT2D eigenvalue weighted by atomic mass is 10.1. The van der Waals surface area contributed by atoms with Gasteiger partial charge in [0.05, 0.1) is 5.56 Å². The molecule has 1 aromatic carbocycles. The van der Waals surface area contributed by atoms with Gasteiger partial charge in [0, 0.05) is 13.1 Å². The number of ether oxygens (including phenoxy) is 1. The number of carboxylic acid groups (broad SMARTS) is 1. The third kappa shape index (κ3) is 3.83. The van der Waals surface area contributed by atoms with Crippen LogP contribution in [0.5, 0.6) is 5.75 Å². The molecule has 1 aliphatic heterocycles. The second kappa shape index (κ2) is 6.38. The first-order chi connectivity index (χ1) is 9.19. The Hall–Kier alpha value is -1.81. The highest BCUT2D eigenvalue weighted by Gasteiger charge is 2.20. The van der Waals surface area contributed by atoms with E-state index in [0.29, 0.717) is 5.75 Å². The predicted molar refractivity (Wildman–Crippen MR) is 73.7 cm³/mol. The molecule has 4 heteroatoms. The van der Waals surface area contributed by atoms with Crippen molar-refractivity contribution in [1.82, 2.24) is 4.90 Å². The summed E-state index contributed by atoms with van der Waals surface area (Å²) in [6, 6.07) is 6.66. The smallest absolute Gasteiger partial charge is 0.335 e. The third-order valence-electron chi connectivity index (χ3n) is 3.23. The molecule has 0 spiro atoms. The number of hydrogen-bond donors (Lipinski definition) is 1. The molecule has 1 heterocycles. The van der Waals surface area contributed by atoms with E-state index in [1.165, 1.54) is 0 Å². The number of rotatable bonds is 5. The van der Waals surface area contributed by atoms with Crippen LogP contribution in [0.15, 0.2) is 36.9 Å². The number of carbonyl (C=O) groups is 1. The van der Waals surface area contributed by atoms with E-state index >= 15 is 0 Å². The molecular weight excluding hydrogens is 242 g/mol. The van der Waals surface area contributed by atoms with Crippen LogP contribution in [-0.4, -0.2) is 41.7 Å². The number of piperidine rings is 1. The van der Waals surface area contributed by atoms with Crippen molar-refractivity contribution in [1.29, 1.82) is 0 Å². The molecule has 102 valence electrons. The van der Waals surface area contributed by atoms with E-state index in [4.69, 9.17) is 9.84 Å². The summed E-state index contributed by atoms with van der Waals surface area (Å²) in [5.41, 5.74) is 0.260. The van der Waals surface area contributed by atoms with Crippen LogP contribution in [0.3, 0.4) is 0 Å². The first kappa shape index (κ1) is 13.6. The van der Waals surface area contributed by atoms with Crippen LogP contribution in [0.25, 0.3) is 0 Å². The molecule has 1 aliphatic rings. The Bertz CT molecular complexity index is 458. The fourth-order valence-corrected chi connectivity index (χ4v) is 2.35. The zero-order valence-corrected chi connectivity index (χ0v) is 10.9. The standard InChI is InChI=1S/C15H19NO3/c1-2-8-16-9-4-7-14(11-16)19-13-6-3-5-12(10-13)15(17)18/h2-3,5-6,10,14H,1,4,7-9,11H2,(H,17,18). The lowest BCUT2D eigenvalue weighted by Gasteiger charge is -2.32. The average molecular weight is 261 g/mol. The zero-order chi connectivity index (χ0) is 13.7. The maximum atomic E-state index is 10.9. The van der Waals surface area contributed by atoms with Crippen molar-refractivity contribution < 1.29 is 14.6 Å². The third-order valence-corrected chi connectivity index (χ3v) is 3.23. The number of aromatic carboxylic acids is 1. The maximum absolute atomic E-state index is 10.9. The van der Waals surface area contributed by atoms with Gasteiger partial charge in [-0.15, -0.1) is 6.58 Å². The Labute approximate surface area is 113 Å². The number of carboxylic acids is 1. The molecule has 19 heavy (non-hydrogen) atoms. The first-order valence-corrected chi connectivity index (χ1v) is 6.52. The van der Waals surface area contributed by atoms with Gasteiger partial charge in [-0.2, -0.15) is 0 Å². The predicted octanol–water partition coefficient (Wildman–Crippen LogP) is 2.41. The average Bonchev–Trinajstić information content (AvgIpc) is 2.40. The van der Waals surface area contributed by atoms with Crippen molar-refractivity contribution >= 4 is 5.97 Å². The lowest BCUT2D eigenvalue weighted by Crippen LogP contribution is -2.41. The van der Waals surface area contributed by atoms with Crippen LogP contribution in [0.2, 0.25) is 0 Å². The second-order valence-electron chi connectivity index (χ2n) is 4.76. The fourth-order valence-electron chi connectivity index (χ4n) is 2.35. The molecule has 1 N–H and O–H groups in total. The van der Waals surface area contributed by atoms with Gasteiger partial charge < -0.3 is 9.84 Å². The van der Waals surface area contributed by atoms with Crippen LogP contribution < -0.4 is 4.74 Å². The first-order valence-electron chi connectivity index (χ1n) is 6.52. The monoisotopic (exact) mass is 261 g/mol. The number of benzene rings is 1. The molecule has 0 aliphatic carbocycles. The van der Waals surface area contributed by atoms with Gasteiger partial charge in [0.2, 0.25) is 0 Å². The van der Waals surface area contributed by atoms with Gasteiger partial charge in [-0.3, -0.25) is 4.90 Å². The van der Waals surface area contributed by atoms with E-state index in [2.05, 4.69) is 11.5 Å². The van der Waals surface area contributed by atoms with Crippen molar-refractivity contribution in [2.75, 3.05) is 19.6 Å². The molecule has 0 saturated carbocycles. The minimum absolute atomic E-state index is 0.123. The summed E-state index contributed by atoms with van der Waals surface area (Å²) in [6.07, 6.45) is 4.12. The molecule has 0 aromatic heterocycles. The molecule has 1 unspecified atom stereocenters. The van der Waals surface area contributed by atoms with Crippen molar-refractivity contribution in [3.8, 4) is 5.75 Å². The van der Waals surface area contributed by atoms with Crippen molar-refractivity contribution in [3.05, 3.63) is 42.5 Å². The number of likely N-dealkylation sites (tertiary alicyclic amines) is 1. The molecule has 1 fully saturated rings. The largest absolute Gasteiger partial charge is 0.489 e. The molecule has 1 saturated heterocycles.